The lowest BCUT2D eigenvalue weighted by Crippen LogP contribution is -2.14. The molecule has 0 aromatic heterocycles. The SMILES string of the molecule is CC(Nc1cccc(Cl)c1N(C)C)c1ccc(Cl)c(Cl)c1. The van der Waals surface area contributed by atoms with Gasteiger partial charge in [-0.05, 0) is 36.8 Å². The summed E-state index contributed by atoms with van der Waals surface area (Å²) in [6.07, 6.45) is 0. The molecule has 0 heterocycles. The number of nitrogens with one attached hydrogen (secondary N) is 1. The lowest BCUT2D eigenvalue weighted by atomic mass is 10.1. The van der Waals surface area contributed by atoms with Gasteiger partial charge in [0.25, 0.3) is 0 Å². The first-order chi connectivity index (χ1) is 9.90. The van der Waals surface area contributed by atoms with Crippen LogP contribution in [0.5, 0.6) is 0 Å². The zero-order chi connectivity index (χ0) is 15.6. The summed E-state index contributed by atoms with van der Waals surface area (Å²) in [5, 5.41) is 5.30. The average molecular weight is 344 g/mol. The van der Waals surface area contributed by atoms with Gasteiger partial charge in [0.05, 0.1) is 26.4 Å². The highest BCUT2D eigenvalue weighted by Crippen LogP contribution is 2.35. The minimum Gasteiger partial charge on any atom is -0.377 e. The van der Waals surface area contributed by atoms with Crippen molar-refractivity contribution in [2.45, 2.75) is 13.0 Å². The number of hydrogen-bond donors (Lipinski definition) is 1. The van der Waals surface area contributed by atoms with Crippen LogP contribution < -0.4 is 10.2 Å². The zero-order valence-electron chi connectivity index (χ0n) is 12.1. The molecule has 21 heavy (non-hydrogen) atoms. The molecule has 1 unspecified atom stereocenters. The second-order valence-electron chi connectivity index (χ2n) is 5.07. The van der Waals surface area contributed by atoms with E-state index < -0.39 is 0 Å². The van der Waals surface area contributed by atoms with Gasteiger partial charge in [0.1, 0.15) is 0 Å². The number of hydrogen-bond acceptors (Lipinski definition) is 2. The number of para-hydroxylation sites is 1. The van der Waals surface area contributed by atoms with Crippen LogP contribution in [0.1, 0.15) is 18.5 Å². The maximum Gasteiger partial charge on any atom is 0.0786 e. The van der Waals surface area contributed by atoms with Crippen LogP contribution in [-0.2, 0) is 0 Å². The Morgan fingerprint density at radius 1 is 0.952 bits per heavy atom. The Hall–Kier alpha value is -1.09. The van der Waals surface area contributed by atoms with Gasteiger partial charge in [-0.1, -0.05) is 46.9 Å². The van der Waals surface area contributed by atoms with Gasteiger partial charge in [-0.2, -0.15) is 0 Å². The van der Waals surface area contributed by atoms with Crippen molar-refractivity contribution in [2.24, 2.45) is 0 Å². The van der Waals surface area contributed by atoms with Gasteiger partial charge < -0.3 is 10.2 Å². The van der Waals surface area contributed by atoms with Crippen LogP contribution in [0.3, 0.4) is 0 Å². The predicted molar refractivity (Wildman–Crippen MR) is 94.3 cm³/mol. The van der Waals surface area contributed by atoms with Gasteiger partial charge >= 0.3 is 0 Å². The van der Waals surface area contributed by atoms with Crippen LogP contribution in [0.2, 0.25) is 15.1 Å². The van der Waals surface area contributed by atoms with Crippen molar-refractivity contribution in [1.29, 1.82) is 0 Å². The highest BCUT2D eigenvalue weighted by molar-refractivity contribution is 6.42. The van der Waals surface area contributed by atoms with Gasteiger partial charge in [0, 0.05) is 20.1 Å². The minimum absolute atomic E-state index is 0.0805. The molecule has 0 saturated heterocycles. The molecule has 0 spiro atoms. The van der Waals surface area contributed by atoms with Gasteiger partial charge in [0.2, 0.25) is 0 Å². The van der Waals surface area contributed by atoms with E-state index in [0.29, 0.717) is 15.1 Å². The Kier molecular flexibility index (Phi) is 5.26. The monoisotopic (exact) mass is 342 g/mol. The number of nitrogens with zero attached hydrogens (tertiary/aromatic N) is 1. The van der Waals surface area contributed by atoms with Crippen molar-refractivity contribution >= 4 is 46.2 Å². The van der Waals surface area contributed by atoms with Crippen LogP contribution in [0.25, 0.3) is 0 Å². The summed E-state index contributed by atoms with van der Waals surface area (Å²) in [5.41, 5.74) is 3.01. The Bertz CT molecular complexity index is 641. The summed E-state index contributed by atoms with van der Waals surface area (Å²) in [6, 6.07) is 11.5. The molecule has 1 atom stereocenters. The molecule has 2 nitrogen and oxygen atoms in total. The van der Waals surface area contributed by atoms with E-state index in [1.807, 2.05) is 55.4 Å². The molecule has 0 amide bonds. The van der Waals surface area contributed by atoms with Crippen molar-refractivity contribution in [3.8, 4) is 0 Å². The van der Waals surface area contributed by atoms with Crippen molar-refractivity contribution in [2.75, 3.05) is 24.3 Å². The van der Waals surface area contributed by atoms with E-state index in [9.17, 15) is 0 Å². The molecule has 0 radical (unpaired) electrons. The quantitative estimate of drug-likeness (QED) is 0.745. The molecular formula is C16H17Cl3N2. The Labute approximate surface area is 140 Å². The van der Waals surface area contributed by atoms with Crippen LogP contribution in [0.4, 0.5) is 11.4 Å². The van der Waals surface area contributed by atoms with Crippen molar-refractivity contribution in [1.82, 2.24) is 0 Å². The van der Waals surface area contributed by atoms with Crippen LogP contribution >= 0.6 is 34.8 Å². The lowest BCUT2D eigenvalue weighted by molar-refractivity contribution is 0.883. The fourth-order valence-corrected chi connectivity index (χ4v) is 2.83. The van der Waals surface area contributed by atoms with Crippen LogP contribution in [0, 0.1) is 0 Å². The molecule has 2 rings (SSSR count). The van der Waals surface area contributed by atoms with E-state index in [4.69, 9.17) is 34.8 Å². The maximum absolute atomic E-state index is 6.28. The first kappa shape index (κ1) is 16.3. The van der Waals surface area contributed by atoms with Crippen molar-refractivity contribution in [3.05, 3.63) is 57.0 Å². The van der Waals surface area contributed by atoms with Gasteiger partial charge in [-0.15, -0.1) is 0 Å². The normalized spacial score (nSPS) is 12.1. The standard InChI is InChI=1S/C16H17Cl3N2/c1-10(11-7-8-12(17)14(19)9-11)20-15-6-4-5-13(18)16(15)21(2)3/h4-10,20H,1-3H3. The van der Waals surface area contributed by atoms with E-state index in [1.54, 1.807) is 0 Å². The average Bonchev–Trinajstić information content (AvgIpc) is 2.41. The number of rotatable bonds is 4. The third kappa shape index (κ3) is 3.76. The van der Waals surface area contributed by atoms with Crippen LogP contribution in [0.15, 0.2) is 36.4 Å². The van der Waals surface area contributed by atoms with E-state index in [-0.39, 0.29) is 6.04 Å². The number of benzene rings is 2. The molecule has 2 aromatic carbocycles. The third-order valence-corrected chi connectivity index (χ3v) is 4.29. The molecule has 0 bridgehead atoms. The predicted octanol–water partition coefficient (Wildman–Crippen LogP) is 5.89. The highest BCUT2D eigenvalue weighted by atomic mass is 35.5. The molecule has 0 aliphatic carbocycles. The summed E-state index contributed by atoms with van der Waals surface area (Å²) in [6.45, 7) is 2.07. The molecule has 0 aliphatic rings. The fraction of sp³-hybridized carbons (Fsp3) is 0.250. The first-order valence-corrected chi connectivity index (χ1v) is 7.71. The van der Waals surface area contributed by atoms with Crippen LogP contribution in [-0.4, -0.2) is 14.1 Å². The lowest BCUT2D eigenvalue weighted by Gasteiger charge is -2.23. The van der Waals surface area contributed by atoms with E-state index in [2.05, 4.69) is 12.2 Å². The Morgan fingerprint density at radius 3 is 2.29 bits per heavy atom. The summed E-state index contributed by atoms with van der Waals surface area (Å²) in [4.78, 5) is 1.99. The maximum atomic E-state index is 6.28. The molecule has 5 heteroatoms. The summed E-state index contributed by atoms with van der Waals surface area (Å²) < 4.78 is 0. The smallest absolute Gasteiger partial charge is 0.0786 e. The molecule has 112 valence electrons. The molecule has 1 N–H and O–H groups in total. The van der Waals surface area contributed by atoms with Gasteiger partial charge in [0.15, 0.2) is 0 Å². The van der Waals surface area contributed by atoms with E-state index in [1.165, 1.54) is 0 Å². The summed E-state index contributed by atoms with van der Waals surface area (Å²) in [5.74, 6) is 0. The summed E-state index contributed by atoms with van der Waals surface area (Å²) >= 11 is 18.3. The minimum atomic E-state index is 0.0805. The largest absolute Gasteiger partial charge is 0.377 e. The molecule has 2 aromatic rings. The first-order valence-electron chi connectivity index (χ1n) is 6.57. The van der Waals surface area contributed by atoms with E-state index in [0.717, 1.165) is 16.9 Å². The summed E-state index contributed by atoms with van der Waals surface area (Å²) in [7, 11) is 3.94. The number of halogens is 3. The number of anilines is 2. The molecule has 0 fully saturated rings. The third-order valence-electron chi connectivity index (χ3n) is 3.25. The highest BCUT2D eigenvalue weighted by Gasteiger charge is 2.13. The van der Waals surface area contributed by atoms with E-state index >= 15 is 0 Å². The molecule has 0 saturated carbocycles. The molecule has 0 aliphatic heterocycles. The van der Waals surface area contributed by atoms with Gasteiger partial charge in [-0.25, -0.2) is 0 Å². The van der Waals surface area contributed by atoms with Gasteiger partial charge in [-0.3, -0.25) is 0 Å². The topological polar surface area (TPSA) is 15.3 Å². The Morgan fingerprint density at radius 2 is 1.67 bits per heavy atom. The zero-order valence-corrected chi connectivity index (χ0v) is 14.4. The Balaban J connectivity index is 2.29. The van der Waals surface area contributed by atoms with Crippen molar-refractivity contribution in [3.63, 3.8) is 0 Å². The second kappa shape index (κ2) is 6.78. The second-order valence-corrected chi connectivity index (χ2v) is 6.29. The molecular weight excluding hydrogens is 327 g/mol. The fourth-order valence-electron chi connectivity index (χ4n) is 2.18. The van der Waals surface area contributed by atoms with Crippen molar-refractivity contribution < 1.29 is 0 Å².